The fraction of sp³-hybridized carbons (Fsp3) is 0.188. The van der Waals surface area contributed by atoms with Crippen molar-refractivity contribution in [3.8, 4) is 11.1 Å². The lowest BCUT2D eigenvalue weighted by Crippen LogP contribution is -2.13. The largest absolute Gasteiger partial charge is 0.479 e. The first-order chi connectivity index (χ1) is 11.4. The number of aliphatic hydroxyl groups excluding tert-OH is 1. The van der Waals surface area contributed by atoms with Crippen LogP contribution in [0.3, 0.4) is 0 Å². The molecule has 2 aromatic carbocycles. The van der Waals surface area contributed by atoms with E-state index in [1.165, 1.54) is 0 Å². The van der Waals surface area contributed by atoms with Crippen LogP contribution in [0.2, 0.25) is 0 Å². The third-order valence-electron chi connectivity index (χ3n) is 3.40. The van der Waals surface area contributed by atoms with Gasteiger partial charge in [0.1, 0.15) is 0 Å². The fourth-order valence-electron chi connectivity index (χ4n) is 2.22. The molecule has 3 nitrogen and oxygen atoms in total. The van der Waals surface area contributed by atoms with Crippen LogP contribution in [0, 0.1) is 0 Å². The van der Waals surface area contributed by atoms with Gasteiger partial charge >= 0.3 is 18.3 Å². The molecule has 2 rings (SSSR count). The molecule has 0 amide bonds. The van der Waals surface area contributed by atoms with Crippen LogP contribution in [-0.2, 0) is 17.1 Å². The Bertz CT molecular complexity index is 795. The first-order valence-electron chi connectivity index (χ1n) is 6.71. The summed E-state index contributed by atoms with van der Waals surface area (Å²) in [5.41, 5.74) is -3.83. The van der Waals surface area contributed by atoms with Crippen molar-refractivity contribution in [3.05, 3.63) is 59.2 Å². The van der Waals surface area contributed by atoms with Crippen molar-refractivity contribution in [1.29, 1.82) is 0 Å². The van der Waals surface area contributed by atoms with Crippen LogP contribution in [0.5, 0.6) is 0 Å². The van der Waals surface area contributed by atoms with Gasteiger partial charge in [-0.2, -0.15) is 26.3 Å². The highest BCUT2D eigenvalue weighted by Gasteiger charge is 2.35. The first-order valence-corrected chi connectivity index (χ1v) is 6.71. The van der Waals surface area contributed by atoms with Crippen LogP contribution < -0.4 is 0 Å². The number of halogens is 6. The molecule has 0 aromatic heterocycles. The molecular weight excluding hydrogens is 354 g/mol. The average Bonchev–Trinajstić information content (AvgIpc) is 2.52. The number of alkyl halides is 6. The van der Waals surface area contributed by atoms with Gasteiger partial charge in [-0.05, 0) is 41.0 Å². The van der Waals surface area contributed by atoms with Crippen molar-refractivity contribution < 1.29 is 41.4 Å². The standard InChI is InChI=1S/C16H10F6O3/c17-15(18,19)10-3-1-2-8(6-10)11-7-9(13(23)14(24)25)4-5-12(11)16(20,21)22/h1-7,13,23H,(H,24,25). The SMILES string of the molecule is O=C(O)C(O)c1ccc(C(F)(F)F)c(-c2cccc(C(F)(F)F)c2)c1. The zero-order valence-electron chi connectivity index (χ0n) is 12.2. The number of hydrogen-bond acceptors (Lipinski definition) is 2. The Balaban J connectivity index is 2.69. The Kier molecular flexibility index (Phi) is 4.81. The van der Waals surface area contributed by atoms with Crippen molar-refractivity contribution in [1.82, 2.24) is 0 Å². The molecule has 1 atom stereocenters. The number of rotatable bonds is 3. The molecule has 0 bridgehead atoms. The highest BCUT2D eigenvalue weighted by atomic mass is 19.4. The summed E-state index contributed by atoms with van der Waals surface area (Å²) in [6.07, 6.45) is -11.7. The lowest BCUT2D eigenvalue weighted by atomic mass is 9.94. The zero-order chi connectivity index (χ0) is 19.0. The molecule has 1 unspecified atom stereocenters. The number of benzene rings is 2. The van der Waals surface area contributed by atoms with Crippen LogP contribution in [-0.4, -0.2) is 16.2 Å². The number of carboxylic acids is 1. The minimum absolute atomic E-state index is 0.382. The van der Waals surface area contributed by atoms with E-state index < -0.39 is 46.7 Å². The molecule has 134 valence electrons. The molecular formula is C16H10F6O3. The minimum atomic E-state index is -4.88. The van der Waals surface area contributed by atoms with Crippen molar-refractivity contribution in [2.24, 2.45) is 0 Å². The number of hydrogen-bond donors (Lipinski definition) is 2. The second kappa shape index (κ2) is 6.40. The first kappa shape index (κ1) is 18.8. The maximum Gasteiger partial charge on any atom is 0.417 e. The lowest BCUT2D eigenvalue weighted by molar-refractivity contribution is -0.147. The number of aliphatic carboxylic acids is 1. The second-order valence-corrected chi connectivity index (χ2v) is 5.12. The molecule has 0 spiro atoms. The summed E-state index contributed by atoms with van der Waals surface area (Å²) in [6, 6.07) is 5.22. The average molecular weight is 364 g/mol. The molecule has 0 aliphatic carbocycles. The third kappa shape index (κ3) is 4.11. The summed E-state index contributed by atoms with van der Waals surface area (Å²) < 4.78 is 77.9. The van der Waals surface area contributed by atoms with E-state index >= 15 is 0 Å². The van der Waals surface area contributed by atoms with Gasteiger partial charge in [0.05, 0.1) is 11.1 Å². The van der Waals surface area contributed by atoms with Gasteiger partial charge in [0.25, 0.3) is 0 Å². The van der Waals surface area contributed by atoms with Crippen molar-refractivity contribution in [2.45, 2.75) is 18.5 Å². The maximum absolute atomic E-state index is 13.2. The predicted octanol–water partition coefficient (Wildman–Crippen LogP) is 4.51. The maximum atomic E-state index is 13.2. The highest BCUT2D eigenvalue weighted by molar-refractivity contribution is 5.76. The summed E-state index contributed by atoms with van der Waals surface area (Å²) in [6.45, 7) is 0. The summed E-state index contributed by atoms with van der Waals surface area (Å²) >= 11 is 0. The number of carbonyl (C=O) groups is 1. The van der Waals surface area contributed by atoms with Crippen LogP contribution in [0.15, 0.2) is 42.5 Å². The molecule has 2 N–H and O–H groups in total. The lowest BCUT2D eigenvalue weighted by Gasteiger charge is -2.17. The Labute approximate surface area is 137 Å². The quantitative estimate of drug-likeness (QED) is 0.788. The third-order valence-corrected chi connectivity index (χ3v) is 3.40. The highest BCUT2D eigenvalue weighted by Crippen LogP contribution is 2.40. The molecule has 25 heavy (non-hydrogen) atoms. The topological polar surface area (TPSA) is 57.5 Å². The van der Waals surface area contributed by atoms with Crippen molar-refractivity contribution >= 4 is 5.97 Å². The molecule has 0 radical (unpaired) electrons. The van der Waals surface area contributed by atoms with Crippen LogP contribution >= 0.6 is 0 Å². The molecule has 0 aliphatic heterocycles. The fourth-order valence-corrected chi connectivity index (χ4v) is 2.22. The second-order valence-electron chi connectivity index (χ2n) is 5.12. The molecule has 0 fully saturated rings. The number of carboxylic acid groups (broad SMARTS) is 1. The Morgan fingerprint density at radius 2 is 1.56 bits per heavy atom. The van der Waals surface area contributed by atoms with E-state index in [9.17, 15) is 36.2 Å². The Hall–Kier alpha value is -2.55. The van der Waals surface area contributed by atoms with Gasteiger partial charge < -0.3 is 10.2 Å². The van der Waals surface area contributed by atoms with Crippen LogP contribution in [0.1, 0.15) is 22.8 Å². The van der Waals surface area contributed by atoms with E-state index in [1.807, 2.05) is 0 Å². The molecule has 9 heteroatoms. The van der Waals surface area contributed by atoms with Crippen molar-refractivity contribution in [3.63, 3.8) is 0 Å². The van der Waals surface area contributed by atoms with E-state index in [2.05, 4.69) is 0 Å². The summed E-state index contributed by atoms with van der Waals surface area (Å²) in [5.74, 6) is -1.70. The van der Waals surface area contributed by atoms with Gasteiger partial charge in [-0.1, -0.05) is 18.2 Å². The van der Waals surface area contributed by atoms with E-state index in [0.29, 0.717) is 18.2 Å². The molecule has 0 saturated carbocycles. The number of aliphatic hydroxyl groups is 1. The van der Waals surface area contributed by atoms with Gasteiger partial charge in [0, 0.05) is 0 Å². The van der Waals surface area contributed by atoms with Gasteiger partial charge in [0.15, 0.2) is 6.10 Å². The summed E-state index contributed by atoms with van der Waals surface area (Å²) in [5, 5.41) is 18.2. The molecule has 0 heterocycles. The molecule has 2 aromatic rings. The monoisotopic (exact) mass is 364 g/mol. The van der Waals surface area contributed by atoms with E-state index in [0.717, 1.165) is 24.3 Å². The Morgan fingerprint density at radius 1 is 0.920 bits per heavy atom. The summed E-state index contributed by atoms with van der Waals surface area (Å²) in [7, 11) is 0. The van der Waals surface area contributed by atoms with E-state index in [-0.39, 0.29) is 5.56 Å². The van der Waals surface area contributed by atoms with Gasteiger partial charge in [-0.3, -0.25) is 0 Å². The van der Waals surface area contributed by atoms with Crippen LogP contribution in [0.4, 0.5) is 26.3 Å². The van der Waals surface area contributed by atoms with E-state index in [4.69, 9.17) is 5.11 Å². The summed E-state index contributed by atoms with van der Waals surface area (Å²) in [4.78, 5) is 10.8. The molecule has 0 aliphatic rings. The van der Waals surface area contributed by atoms with Crippen molar-refractivity contribution in [2.75, 3.05) is 0 Å². The predicted molar refractivity (Wildman–Crippen MR) is 74.5 cm³/mol. The zero-order valence-corrected chi connectivity index (χ0v) is 12.2. The van der Waals surface area contributed by atoms with Gasteiger partial charge in [0.2, 0.25) is 0 Å². The van der Waals surface area contributed by atoms with Gasteiger partial charge in [-0.15, -0.1) is 0 Å². The smallest absolute Gasteiger partial charge is 0.417 e. The van der Waals surface area contributed by atoms with E-state index in [1.54, 1.807) is 0 Å². The van der Waals surface area contributed by atoms with Gasteiger partial charge in [-0.25, -0.2) is 4.79 Å². The Morgan fingerprint density at radius 3 is 2.08 bits per heavy atom. The molecule has 0 saturated heterocycles. The normalized spacial score (nSPS) is 13.6. The minimum Gasteiger partial charge on any atom is -0.479 e. The van der Waals surface area contributed by atoms with Crippen LogP contribution in [0.25, 0.3) is 11.1 Å².